The number of benzene rings is 2. The zero-order valence-corrected chi connectivity index (χ0v) is 13.3. The lowest BCUT2D eigenvalue weighted by Gasteiger charge is -2.09. The first-order valence-corrected chi connectivity index (χ1v) is 8.38. The van der Waals surface area contributed by atoms with Crippen LogP contribution in [0.4, 0.5) is 4.39 Å². The van der Waals surface area contributed by atoms with E-state index >= 15 is 0 Å². The van der Waals surface area contributed by atoms with Crippen LogP contribution >= 0.6 is 23.2 Å². The molecule has 112 valence electrons. The third kappa shape index (κ3) is 2.56. The SMILES string of the molecule is O=S(=O)(c1cccc(F)c1)c1cnc2cc(Cl)ccc2c1Cl. The van der Waals surface area contributed by atoms with Crippen molar-refractivity contribution in [2.45, 2.75) is 9.79 Å². The van der Waals surface area contributed by atoms with E-state index in [1.165, 1.54) is 18.2 Å². The van der Waals surface area contributed by atoms with E-state index in [0.29, 0.717) is 15.9 Å². The summed E-state index contributed by atoms with van der Waals surface area (Å²) in [6.07, 6.45) is 1.15. The van der Waals surface area contributed by atoms with Crippen molar-refractivity contribution in [1.82, 2.24) is 4.98 Å². The number of nitrogens with zero attached hydrogens (tertiary/aromatic N) is 1. The summed E-state index contributed by atoms with van der Waals surface area (Å²) in [7, 11) is -3.96. The van der Waals surface area contributed by atoms with Gasteiger partial charge in [-0.3, -0.25) is 4.98 Å². The van der Waals surface area contributed by atoms with Crippen LogP contribution in [0.3, 0.4) is 0 Å². The van der Waals surface area contributed by atoms with Gasteiger partial charge in [0.2, 0.25) is 9.84 Å². The molecule has 0 amide bonds. The maximum absolute atomic E-state index is 13.3. The lowest BCUT2D eigenvalue weighted by molar-refractivity contribution is 0.590. The smallest absolute Gasteiger partial charge is 0.209 e. The quantitative estimate of drug-likeness (QED) is 0.679. The van der Waals surface area contributed by atoms with Crippen LogP contribution in [0, 0.1) is 5.82 Å². The van der Waals surface area contributed by atoms with Crippen LogP contribution in [0.15, 0.2) is 58.5 Å². The number of aromatic nitrogens is 1. The van der Waals surface area contributed by atoms with Crippen LogP contribution in [0.5, 0.6) is 0 Å². The van der Waals surface area contributed by atoms with Gasteiger partial charge in [0.15, 0.2) is 0 Å². The molecule has 0 spiro atoms. The van der Waals surface area contributed by atoms with Gasteiger partial charge in [0, 0.05) is 16.6 Å². The van der Waals surface area contributed by atoms with E-state index in [-0.39, 0.29) is 14.8 Å². The number of halogens is 3. The third-order valence-electron chi connectivity index (χ3n) is 3.13. The minimum Gasteiger partial charge on any atom is -0.255 e. The maximum atomic E-state index is 13.3. The van der Waals surface area contributed by atoms with Crippen molar-refractivity contribution in [3.05, 3.63) is 64.5 Å². The second-order valence-electron chi connectivity index (χ2n) is 4.56. The number of sulfone groups is 1. The molecule has 0 bridgehead atoms. The molecule has 0 N–H and O–H groups in total. The Morgan fingerprint density at radius 2 is 1.82 bits per heavy atom. The van der Waals surface area contributed by atoms with E-state index in [4.69, 9.17) is 23.2 Å². The van der Waals surface area contributed by atoms with Crippen molar-refractivity contribution in [2.24, 2.45) is 0 Å². The highest BCUT2D eigenvalue weighted by Gasteiger charge is 2.23. The molecular weight excluding hydrogens is 348 g/mol. The lowest BCUT2D eigenvalue weighted by atomic mass is 10.2. The zero-order chi connectivity index (χ0) is 15.9. The molecule has 3 aromatic rings. The summed E-state index contributed by atoms with van der Waals surface area (Å²) in [5.74, 6) is -0.641. The van der Waals surface area contributed by atoms with Crippen molar-refractivity contribution in [3.63, 3.8) is 0 Å². The van der Waals surface area contributed by atoms with E-state index in [1.54, 1.807) is 18.2 Å². The highest BCUT2D eigenvalue weighted by atomic mass is 35.5. The Bertz CT molecular complexity index is 990. The summed E-state index contributed by atoms with van der Waals surface area (Å²) < 4.78 is 38.5. The van der Waals surface area contributed by atoms with Crippen LogP contribution in [0.2, 0.25) is 10.0 Å². The van der Waals surface area contributed by atoms with Crippen LogP contribution in [0.1, 0.15) is 0 Å². The molecule has 0 radical (unpaired) electrons. The van der Waals surface area contributed by atoms with Crippen LogP contribution in [0.25, 0.3) is 10.9 Å². The molecule has 0 atom stereocenters. The standard InChI is InChI=1S/C15H8Cl2FNO2S/c16-9-4-5-12-13(6-9)19-8-14(15(12)17)22(20,21)11-3-1-2-10(18)7-11/h1-8H. The van der Waals surface area contributed by atoms with Gasteiger partial charge in [-0.05, 0) is 36.4 Å². The van der Waals surface area contributed by atoms with E-state index in [0.717, 1.165) is 12.3 Å². The Balaban J connectivity index is 2.26. The summed E-state index contributed by atoms with van der Waals surface area (Å²) in [5.41, 5.74) is 0.482. The minimum atomic E-state index is -3.96. The predicted octanol–water partition coefficient (Wildman–Crippen LogP) is 4.51. The Morgan fingerprint density at radius 3 is 2.55 bits per heavy atom. The fraction of sp³-hybridized carbons (Fsp3) is 0. The van der Waals surface area contributed by atoms with Gasteiger partial charge in [-0.25, -0.2) is 12.8 Å². The molecular formula is C15H8Cl2FNO2S. The average Bonchev–Trinajstić information content (AvgIpc) is 2.47. The Hall–Kier alpha value is -1.69. The second kappa shape index (κ2) is 5.50. The summed E-state index contributed by atoms with van der Waals surface area (Å²) in [4.78, 5) is 3.73. The van der Waals surface area contributed by atoms with Gasteiger partial charge in [0.05, 0.1) is 15.4 Å². The van der Waals surface area contributed by atoms with Crippen molar-refractivity contribution >= 4 is 43.9 Å². The van der Waals surface area contributed by atoms with Crippen LogP contribution < -0.4 is 0 Å². The molecule has 0 aliphatic rings. The van der Waals surface area contributed by atoms with Gasteiger partial charge < -0.3 is 0 Å². The van der Waals surface area contributed by atoms with Gasteiger partial charge in [0.25, 0.3) is 0 Å². The molecule has 0 saturated heterocycles. The number of pyridine rings is 1. The summed E-state index contributed by atoms with van der Waals surface area (Å²) in [6.45, 7) is 0. The van der Waals surface area contributed by atoms with Gasteiger partial charge in [-0.15, -0.1) is 0 Å². The van der Waals surface area contributed by atoms with E-state index in [2.05, 4.69) is 4.98 Å². The molecule has 0 saturated carbocycles. The van der Waals surface area contributed by atoms with Crippen LogP contribution in [-0.4, -0.2) is 13.4 Å². The molecule has 0 unspecified atom stereocenters. The Morgan fingerprint density at radius 1 is 1.05 bits per heavy atom. The molecule has 1 aromatic heterocycles. The molecule has 22 heavy (non-hydrogen) atoms. The van der Waals surface area contributed by atoms with Crippen molar-refractivity contribution in [2.75, 3.05) is 0 Å². The predicted molar refractivity (Wildman–Crippen MR) is 83.6 cm³/mol. The molecule has 0 aliphatic heterocycles. The fourth-order valence-corrected chi connectivity index (χ4v) is 4.06. The van der Waals surface area contributed by atoms with E-state index in [9.17, 15) is 12.8 Å². The van der Waals surface area contributed by atoms with Gasteiger partial charge in [0.1, 0.15) is 10.7 Å². The first kappa shape index (κ1) is 15.2. The molecule has 7 heteroatoms. The molecule has 0 fully saturated rings. The van der Waals surface area contributed by atoms with Gasteiger partial charge >= 0.3 is 0 Å². The van der Waals surface area contributed by atoms with Gasteiger partial charge in [-0.1, -0.05) is 29.3 Å². The molecule has 2 aromatic carbocycles. The van der Waals surface area contributed by atoms with E-state index in [1.807, 2.05) is 0 Å². The van der Waals surface area contributed by atoms with Crippen molar-refractivity contribution < 1.29 is 12.8 Å². The fourth-order valence-electron chi connectivity index (χ4n) is 2.06. The maximum Gasteiger partial charge on any atom is 0.209 e. The first-order chi connectivity index (χ1) is 10.4. The molecule has 0 aliphatic carbocycles. The number of hydrogen-bond donors (Lipinski definition) is 0. The Labute approximate surface area is 136 Å². The topological polar surface area (TPSA) is 47.0 Å². The second-order valence-corrected chi connectivity index (χ2v) is 7.29. The lowest BCUT2D eigenvalue weighted by Crippen LogP contribution is -2.04. The number of rotatable bonds is 2. The highest BCUT2D eigenvalue weighted by molar-refractivity contribution is 7.91. The average molecular weight is 356 g/mol. The van der Waals surface area contributed by atoms with Gasteiger partial charge in [-0.2, -0.15) is 0 Å². The first-order valence-electron chi connectivity index (χ1n) is 6.14. The molecule has 3 rings (SSSR count). The summed E-state index contributed by atoms with van der Waals surface area (Å²) in [5, 5.41) is 0.964. The monoisotopic (exact) mass is 355 g/mol. The third-order valence-corrected chi connectivity index (χ3v) is 5.65. The van der Waals surface area contributed by atoms with Crippen LogP contribution in [-0.2, 0) is 9.84 Å². The zero-order valence-electron chi connectivity index (χ0n) is 10.9. The summed E-state index contributed by atoms with van der Waals surface area (Å²) in [6, 6.07) is 9.51. The number of hydrogen-bond acceptors (Lipinski definition) is 3. The van der Waals surface area contributed by atoms with Crippen molar-refractivity contribution in [1.29, 1.82) is 0 Å². The minimum absolute atomic E-state index is 0.0333. The summed E-state index contributed by atoms with van der Waals surface area (Å²) >= 11 is 12.1. The normalized spacial score (nSPS) is 11.8. The largest absolute Gasteiger partial charge is 0.255 e. The highest BCUT2D eigenvalue weighted by Crippen LogP contribution is 2.33. The molecule has 3 nitrogen and oxygen atoms in total. The van der Waals surface area contributed by atoms with E-state index < -0.39 is 15.7 Å². The number of fused-ring (bicyclic) bond motifs is 1. The Kier molecular flexibility index (Phi) is 3.80. The van der Waals surface area contributed by atoms with Crippen molar-refractivity contribution in [3.8, 4) is 0 Å². The molecule has 1 heterocycles.